The van der Waals surface area contributed by atoms with Gasteiger partial charge in [-0.05, 0) is 13.0 Å². The van der Waals surface area contributed by atoms with Crippen LogP contribution in [-0.2, 0) is 0 Å². The van der Waals surface area contributed by atoms with E-state index < -0.39 is 0 Å². The zero-order chi connectivity index (χ0) is 13.1. The van der Waals surface area contributed by atoms with Crippen molar-refractivity contribution in [3.05, 3.63) is 29.3 Å². The average molecular weight is 250 g/mol. The second kappa shape index (κ2) is 5.27. The number of rotatable bonds is 3. The van der Waals surface area contributed by atoms with Gasteiger partial charge in [0.25, 0.3) is 0 Å². The minimum Gasteiger partial charge on any atom is -0.491 e. The number of carbonyl (C=O) groups excluding carboxylic acids is 1. The van der Waals surface area contributed by atoms with E-state index in [-0.39, 0.29) is 18.7 Å². The molecule has 0 saturated carbocycles. The normalized spacial score (nSPS) is 16.9. The van der Waals surface area contributed by atoms with E-state index >= 15 is 0 Å². The first kappa shape index (κ1) is 12.7. The third kappa shape index (κ3) is 2.56. The van der Waals surface area contributed by atoms with Crippen LogP contribution in [0, 0.1) is 6.92 Å². The maximum atomic E-state index is 11.8. The van der Waals surface area contributed by atoms with Gasteiger partial charge in [-0.15, -0.1) is 0 Å². The first-order chi connectivity index (χ1) is 8.61. The summed E-state index contributed by atoms with van der Waals surface area (Å²) in [6, 6.07) is 5.62. The summed E-state index contributed by atoms with van der Waals surface area (Å²) in [5.41, 5.74) is 2.16. The zero-order valence-corrected chi connectivity index (χ0v) is 10.6. The Morgan fingerprint density at radius 1 is 1.61 bits per heavy atom. The summed E-state index contributed by atoms with van der Waals surface area (Å²) in [4.78, 5) is 13.3. The van der Waals surface area contributed by atoms with E-state index in [4.69, 9.17) is 9.84 Å². The molecule has 0 aliphatic carbocycles. The second-order valence-corrected chi connectivity index (χ2v) is 4.50. The molecular weight excluding hydrogens is 232 g/mol. The Hall–Kier alpha value is -1.75. The van der Waals surface area contributed by atoms with Crippen LogP contribution in [0.1, 0.15) is 17.2 Å². The number of hydrogen-bond donors (Lipinski definition) is 2. The van der Waals surface area contributed by atoms with E-state index in [1.807, 2.05) is 25.1 Å². The Bertz CT molecular complexity index is 448. The van der Waals surface area contributed by atoms with Crippen LogP contribution in [0.4, 0.5) is 4.79 Å². The number of aliphatic hydroxyl groups is 1. The highest BCUT2D eigenvalue weighted by molar-refractivity contribution is 5.74. The first-order valence-electron chi connectivity index (χ1n) is 5.97. The number of aliphatic hydroxyl groups excluding tert-OH is 1. The van der Waals surface area contributed by atoms with Gasteiger partial charge in [-0.3, -0.25) is 0 Å². The predicted octanol–water partition coefficient (Wildman–Crippen LogP) is 1.06. The molecule has 0 aromatic heterocycles. The minimum absolute atomic E-state index is 0.0409. The molecule has 1 aliphatic rings. The number of hydrogen-bond acceptors (Lipinski definition) is 3. The number of likely N-dealkylation sites (N-methyl/N-ethyl adjacent to an activating group) is 1. The van der Waals surface area contributed by atoms with Crippen LogP contribution < -0.4 is 10.1 Å². The average Bonchev–Trinajstić information content (AvgIpc) is 2.72. The molecule has 98 valence electrons. The summed E-state index contributed by atoms with van der Waals surface area (Å²) < 4.78 is 5.52. The van der Waals surface area contributed by atoms with E-state index in [0.29, 0.717) is 13.2 Å². The molecular formula is C13H18N2O3. The van der Waals surface area contributed by atoms with Gasteiger partial charge < -0.3 is 20.1 Å². The standard InChI is InChI=1S/C13H18N2O3/c1-9-3-4-12-10(7-9)11(8-18-12)14-13(17)15(2)5-6-16/h3-4,7,11,16H,5-6,8H2,1-2H3,(H,14,17). The smallest absolute Gasteiger partial charge is 0.317 e. The number of benzene rings is 1. The van der Waals surface area contributed by atoms with Crippen molar-refractivity contribution >= 4 is 6.03 Å². The van der Waals surface area contributed by atoms with Gasteiger partial charge in [0.05, 0.1) is 12.6 Å². The molecule has 0 spiro atoms. The monoisotopic (exact) mass is 250 g/mol. The van der Waals surface area contributed by atoms with E-state index in [9.17, 15) is 4.79 Å². The van der Waals surface area contributed by atoms with Crippen molar-refractivity contribution in [3.8, 4) is 5.75 Å². The molecule has 2 rings (SSSR count). The number of fused-ring (bicyclic) bond motifs is 1. The number of nitrogens with one attached hydrogen (secondary N) is 1. The summed E-state index contributed by atoms with van der Waals surface area (Å²) >= 11 is 0. The Balaban J connectivity index is 2.05. The maximum absolute atomic E-state index is 11.8. The molecule has 5 heteroatoms. The van der Waals surface area contributed by atoms with Gasteiger partial charge in [-0.2, -0.15) is 0 Å². The lowest BCUT2D eigenvalue weighted by Gasteiger charge is -2.19. The molecule has 0 fully saturated rings. The molecule has 1 atom stereocenters. The molecule has 1 aromatic carbocycles. The highest BCUT2D eigenvalue weighted by atomic mass is 16.5. The molecule has 1 unspecified atom stereocenters. The Kier molecular flexibility index (Phi) is 3.72. The van der Waals surface area contributed by atoms with Crippen LogP contribution >= 0.6 is 0 Å². The van der Waals surface area contributed by atoms with Crippen LogP contribution in [0.15, 0.2) is 18.2 Å². The first-order valence-corrected chi connectivity index (χ1v) is 5.97. The summed E-state index contributed by atoms with van der Waals surface area (Å²) in [5.74, 6) is 0.829. The lowest BCUT2D eigenvalue weighted by Crippen LogP contribution is -2.41. The van der Waals surface area contributed by atoms with E-state index in [1.165, 1.54) is 4.90 Å². The lowest BCUT2D eigenvalue weighted by atomic mass is 10.1. The number of nitrogens with zero attached hydrogens (tertiary/aromatic N) is 1. The summed E-state index contributed by atoms with van der Waals surface area (Å²) in [6.07, 6.45) is 0. The van der Waals surface area contributed by atoms with Crippen LogP contribution in [-0.4, -0.2) is 42.8 Å². The van der Waals surface area contributed by atoms with Gasteiger partial charge in [0, 0.05) is 19.2 Å². The predicted molar refractivity (Wildman–Crippen MR) is 67.7 cm³/mol. The number of ether oxygens (including phenoxy) is 1. The number of urea groups is 1. The van der Waals surface area contributed by atoms with E-state index in [1.54, 1.807) is 7.05 Å². The maximum Gasteiger partial charge on any atom is 0.317 e. The number of aryl methyl sites for hydroxylation is 1. The van der Waals surface area contributed by atoms with Gasteiger partial charge in [0.15, 0.2) is 0 Å². The van der Waals surface area contributed by atoms with Crippen molar-refractivity contribution in [2.24, 2.45) is 0 Å². The molecule has 2 amide bonds. The fourth-order valence-corrected chi connectivity index (χ4v) is 1.96. The van der Waals surface area contributed by atoms with E-state index in [0.717, 1.165) is 16.9 Å². The zero-order valence-electron chi connectivity index (χ0n) is 10.6. The topological polar surface area (TPSA) is 61.8 Å². The van der Waals surface area contributed by atoms with Crippen LogP contribution in [0.3, 0.4) is 0 Å². The third-order valence-corrected chi connectivity index (χ3v) is 3.03. The molecule has 0 saturated heterocycles. The Labute approximate surface area is 106 Å². The third-order valence-electron chi connectivity index (χ3n) is 3.03. The van der Waals surface area contributed by atoms with Gasteiger partial charge in [-0.1, -0.05) is 17.7 Å². The van der Waals surface area contributed by atoms with Crippen LogP contribution in [0.2, 0.25) is 0 Å². The SMILES string of the molecule is Cc1ccc2c(c1)C(NC(=O)N(C)CCO)CO2. The highest BCUT2D eigenvalue weighted by Gasteiger charge is 2.26. The fourth-order valence-electron chi connectivity index (χ4n) is 1.96. The van der Waals surface area contributed by atoms with Crippen molar-refractivity contribution in [1.29, 1.82) is 0 Å². The lowest BCUT2D eigenvalue weighted by molar-refractivity contribution is 0.184. The largest absolute Gasteiger partial charge is 0.491 e. The van der Waals surface area contributed by atoms with Gasteiger partial charge >= 0.3 is 6.03 Å². The molecule has 1 aliphatic heterocycles. The van der Waals surface area contributed by atoms with Crippen molar-refractivity contribution in [2.75, 3.05) is 26.8 Å². The minimum atomic E-state index is -0.202. The van der Waals surface area contributed by atoms with Gasteiger partial charge in [0.2, 0.25) is 0 Å². The molecule has 18 heavy (non-hydrogen) atoms. The quantitative estimate of drug-likeness (QED) is 0.843. The number of carbonyl (C=O) groups is 1. The molecule has 1 heterocycles. The molecule has 0 radical (unpaired) electrons. The molecule has 5 nitrogen and oxygen atoms in total. The fraction of sp³-hybridized carbons (Fsp3) is 0.462. The summed E-state index contributed by atoms with van der Waals surface area (Å²) in [7, 11) is 1.65. The number of amides is 2. The van der Waals surface area contributed by atoms with Crippen LogP contribution in [0.25, 0.3) is 0 Å². The van der Waals surface area contributed by atoms with Gasteiger partial charge in [0.1, 0.15) is 12.4 Å². The molecule has 0 bridgehead atoms. The Morgan fingerprint density at radius 2 is 2.39 bits per heavy atom. The van der Waals surface area contributed by atoms with Gasteiger partial charge in [-0.25, -0.2) is 4.79 Å². The van der Waals surface area contributed by atoms with Crippen molar-refractivity contribution in [1.82, 2.24) is 10.2 Å². The van der Waals surface area contributed by atoms with Crippen molar-refractivity contribution in [2.45, 2.75) is 13.0 Å². The van der Waals surface area contributed by atoms with Crippen molar-refractivity contribution < 1.29 is 14.6 Å². The second-order valence-electron chi connectivity index (χ2n) is 4.50. The summed E-state index contributed by atoms with van der Waals surface area (Å²) in [6.45, 7) is 2.74. The van der Waals surface area contributed by atoms with Crippen molar-refractivity contribution in [3.63, 3.8) is 0 Å². The van der Waals surface area contributed by atoms with E-state index in [2.05, 4.69) is 5.32 Å². The Morgan fingerprint density at radius 3 is 3.11 bits per heavy atom. The van der Waals surface area contributed by atoms with Crippen LogP contribution in [0.5, 0.6) is 5.75 Å². The molecule has 2 N–H and O–H groups in total. The highest BCUT2D eigenvalue weighted by Crippen LogP contribution is 2.32. The summed E-state index contributed by atoms with van der Waals surface area (Å²) in [5, 5.41) is 11.7. The molecule has 1 aromatic rings.